The Labute approximate surface area is 117 Å². The van der Waals surface area contributed by atoms with E-state index >= 15 is 0 Å². The van der Waals surface area contributed by atoms with Crippen molar-refractivity contribution in [3.63, 3.8) is 0 Å². The van der Waals surface area contributed by atoms with Crippen molar-refractivity contribution < 1.29 is 9.84 Å². The zero-order valence-corrected chi connectivity index (χ0v) is 12.7. The van der Waals surface area contributed by atoms with E-state index in [1.54, 1.807) is 6.92 Å². The number of nitrogens with zero attached hydrogens (tertiary/aromatic N) is 1. The van der Waals surface area contributed by atoms with Crippen LogP contribution in [-0.2, 0) is 4.74 Å². The summed E-state index contributed by atoms with van der Waals surface area (Å²) in [6.45, 7) is 8.51. The molecule has 1 fully saturated rings. The SMILES string of the molecule is C[C@@H](O)c1ccc(N2CCOC(C)(C)C2)c(Br)c1. The molecule has 0 spiro atoms. The highest BCUT2D eigenvalue weighted by Crippen LogP contribution is 2.32. The molecule has 1 heterocycles. The Morgan fingerprint density at radius 2 is 2.17 bits per heavy atom. The van der Waals surface area contributed by atoms with Crippen molar-refractivity contribution in [2.24, 2.45) is 0 Å². The molecule has 1 atom stereocenters. The van der Waals surface area contributed by atoms with Gasteiger partial charge in [-0.1, -0.05) is 6.07 Å². The second kappa shape index (κ2) is 5.19. The van der Waals surface area contributed by atoms with Gasteiger partial charge in [-0.25, -0.2) is 0 Å². The third-order valence-electron chi connectivity index (χ3n) is 3.22. The van der Waals surface area contributed by atoms with Gasteiger partial charge in [0, 0.05) is 17.6 Å². The zero-order chi connectivity index (χ0) is 13.3. The third-order valence-corrected chi connectivity index (χ3v) is 3.86. The summed E-state index contributed by atoms with van der Waals surface area (Å²) >= 11 is 3.59. The van der Waals surface area contributed by atoms with Gasteiger partial charge in [0.1, 0.15) is 0 Å². The highest BCUT2D eigenvalue weighted by Gasteiger charge is 2.28. The average molecular weight is 314 g/mol. The number of ether oxygens (including phenoxy) is 1. The highest BCUT2D eigenvalue weighted by atomic mass is 79.9. The molecule has 1 saturated heterocycles. The van der Waals surface area contributed by atoms with E-state index in [2.05, 4.69) is 40.7 Å². The van der Waals surface area contributed by atoms with Crippen LogP contribution in [0, 0.1) is 0 Å². The monoisotopic (exact) mass is 313 g/mol. The van der Waals surface area contributed by atoms with Crippen LogP contribution in [0.5, 0.6) is 0 Å². The summed E-state index contributed by atoms with van der Waals surface area (Å²) in [5, 5.41) is 9.58. The van der Waals surface area contributed by atoms with E-state index < -0.39 is 6.10 Å². The number of hydrogen-bond donors (Lipinski definition) is 1. The largest absolute Gasteiger partial charge is 0.389 e. The van der Waals surface area contributed by atoms with Crippen LogP contribution in [0.25, 0.3) is 0 Å². The zero-order valence-electron chi connectivity index (χ0n) is 11.1. The Morgan fingerprint density at radius 3 is 2.72 bits per heavy atom. The molecule has 0 amide bonds. The minimum Gasteiger partial charge on any atom is -0.389 e. The second-order valence-electron chi connectivity index (χ2n) is 5.42. The van der Waals surface area contributed by atoms with Crippen LogP contribution in [0.15, 0.2) is 22.7 Å². The van der Waals surface area contributed by atoms with Crippen molar-refractivity contribution >= 4 is 21.6 Å². The maximum Gasteiger partial charge on any atom is 0.0801 e. The van der Waals surface area contributed by atoms with Crippen LogP contribution in [0.4, 0.5) is 5.69 Å². The molecule has 1 aromatic rings. The van der Waals surface area contributed by atoms with Gasteiger partial charge in [0.25, 0.3) is 0 Å². The third kappa shape index (κ3) is 3.05. The van der Waals surface area contributed by atoms with Crippen LogP contribution in [0.3, 0.4) is 0 Å². The summed E-state index contributed by atoms with van der Waals surface area (Å²) in [4.78, 5) is 2.32. The van der Waals surface area contributed by atoms with Gasteiger partial charge in [-0.3, -0.25) is 0 Å². The van der Waals surface area contributed by atoms with Gasteiger partial charge >= 0.3 is 0 Å². The van der Waals surface area contributed by atoms with E-state index in [0.717, 1.165) is 35.4 Å². The molecule has 1 aliphatic heterocycles. The topological polar surface area (TPSA) is 32.7 Å². The van der Waals surface area contributed by atoms with E-state index in [-0.39, 0.29) is 5.60 Å². The fraction of sp³-hybridized carbons (Fsp3) is 0.571. The molecule has 4 heteroatoms. The summed E-state index contributed by atoms with van der Waals surface area (Å²) in [6.07, 6.45) is -0.434. The van der Waals surface area contributed by atoms with E-state index in [1.165, 1.54) is 0 Å². The number of anilines is 1. The fourth-order valence-corrected chi connectivity index (χ4v) is 2.91. The van der Waals surface area contributed by atoms with Gasteiger partial charge in [-0.2, -0.15) is 0 Å². The van der Waals surface area contributed by atoms with E-state index in [0.29, 0.717) is 0 Å². The smallest absolute Gasteiger partial charge is 0.0801 e. The second-order valence-corrected chi connectivity index (χ2v) is 6.27. The molecule has 100 valence electrons. The number of benzene rings is 1. The average Bonchev–Trinajstić information content (AvgIpc) is 2.27. The van der Waals surface area contributed by atoms with Gasteiger partial charge in [0.05, 0.1) is 24.0 Å². The molecular weight excluding hydrogens is 294 g/mol. The van der Waals surface area contributed by atoms with Crippen molar-refractivity contribution in [1.82, 2.24) is 0 Å². The first-order chi connectivity index (χ1) is 8.39. The Hall–Kier alpha value is -0.580. The lowest BCUT2D eigenvalue weighted by atomic mass is 10.1. The molecular formula is C14H20BrNO2. The molecule has 2 rings (SSSR count). The summed E-state index contributed by atoms with van der Waals surface area (Å²) < 4.78 is 6.75. The predicted molar refractivity (Wildman–Crippen MR) is 77.0 cm³/mol. The van der Waals surface area contributed by atoms with Gasteiger partial charge in [-0.05, 0) is 54.4 Å². The highest BCUT2D eigenvalue weighted by molar-refractivity contribution is 9.10. The summed E-state index contributed by atoms with van der Waals surface area (Å²) in [6, 6.07) is 6.03. The van der Waals surface area contributed by atoms with Crippen molar-refractivity contribution in [3.05, 3.63) is 28.2 Å². The van der Waals surface area contributed by atoms with E-state index in [4.69, 9.17) is 4.74 Å². The Morgan fingerprint density at radius 1 is 1.44 bits per heavy atom. The van der Waals surface area contributed by atoms with Gasteiger partial charge in [-0.15, -0.1) is 0 Å². The lowest BCUT2D eigenvalue weighted by Crippen LogP contribution is -2.48. The van der Waals surface area contributed by atoms with E-state index in [9.17, 15) is 5.11 Å². The van der Waals surface area contributed by atoms with Crippen molar-refractivity contribution in [3.8, 4) is 0 Å². The molecule has 0 radical (unpaired) electrons. The minimum absolute atomic E-state index is 0.110. The Kier molecular flexibility index (Phi) is 3.99. The molecule has 0 aliphatic carbocycles. The molecule has 1 aromatic carbocycles. The Bertz CT molecular complexity index is 432. The lowest BCUT2D eigenvalue weighted by Gasteiger charge is -2.40. The van der Waals surface area contributed by atoms with Crippen LogP contribution >= 0.6 is 15.9 Å². The fourth-order valence-electron chi connectivity index (χ4n) is 2.26. The van der Waals surface area contributed by atoms with Crippen molar-refractivity contribution in [1.29, 1.82) is 0 Å². The van der Waals surface area contributed by atoms with Gasteiger partial charge in [0.2, 0.25) is 0 Å². The Balaban J connectivity index is 2.23. The molecule has 0 bridgehead atoms. The summed E-state index contributed by atoms with van der Waals surface area (Å²) in [5.41, 5.74) is 1.98. The summed E-state index contributed by atoms with van der Waals surface area (Å²) in [7, 11) is 0. The van der Waals surface area contributed by atoms with Gasteiger partial charge < -0.3 is 14.7 Å². The van der Waals surface area contributed by atoms with Gasteiger partial charge in [0.15, 0.2) is 0 Å². The van der Waals surface area contributed by atoms with Crippen LogP contribution in [0.2, 0.25) is 0 Å². The predicted octanol–water partition coefficient (Wildman–Crippen LogP) is 3.12. The molecule has 1 aliphatic rings. The molecule has 3 nitrogen and oxygen atoms in total. The number of hydrogen-bond acceptors (Lipinski definition) is 3. The number of rotatable bonds is 2. The minimum atomic E-state index is -0.434. The van der Waals surface area contributed by atoms with Crippen LogP contribution in [-0.4, -0.2) is 30.4 Å². The van der Waals surface area contributed by atoms with Crippen LogP contribution < -0.4 is 4.90 Å². The number of aliphatic hydroxyl groups is 1. The molecule has 0 aromatic heterocycles. The molecule has 1 N–H and O–H groups in total. The number of aliphatic hydroxyl groups excluding tert-OH is 1. The first-order valence-corrected chi connectivity index (χ1v) is 7.05. The maximum atomic E-state index is 9.58. The quantitative estimate of drug-likeness (QED) is 0.910. The number of morpholine rings is 1. The summed E-state index contributed by atoms with van der Waals surface area (Å²) in [5.74, 6) is 0. The first-order valence-electron chi connectivity index (χ1n) is 6.25. The van der Waals surface area contributed by atoms with Crippen LogP contribution in [0.1, 0.15) is 32.4 Å². The first kappa shape index (κ1) is 13.8. The van der Waals surface area contributed by atoms with E-state index in [1.807, 2.05) is 12.1 Å². The van der Waals surface area contributed by atoms with Crippen molar-refractivity contribution in [2.75, 3.05) is 24.6 Å². The maximum absolute atomic E-state index is 9.58. The number of halogens is 1. The normalized spacial score (nSPS) is 20.8. The molecule has 0 unspecified atom stereocenters. The van der Waals surface area contributed by atoms with Crippen molar-refractivity contribution in [2.45, 2.75) is 32.5 Å². The lowest BCUT2D eigenvalue weighted by molar-refractivity contribution is -0.0277. The molecule has 0 saturated carbocycles. The standard InChI is InChI=1S/C14H20BrNO2/c1-10(17)11-4-5-13(12(15)8-11)16-6-7-18-14(2,3)9-16/h4-5,8,10,17H,6-7,9H2,1-3H3/t10-/m1/s1. The molecule has 18 heavy (non-hydrogen) atoms.